The third-order valence-electron chi connectivity index (χ3n) is 3.51. The van der Waals surface area contributed by atoms with E-state index < -0.39 is 6.29 Å². The summed E-state index contributed by atoms with van der Waals surface area (Å²) in [6.07, 6.45) is 1.54. The minimum absolute atomic E-state index is 0.236. The van der Waals surface area contributed by atoms with Crippen LogP contribution in [0.5, 0.6) is 0 Å². The molecule has 0 fully saturated rings. The number of hydrogen-bond acceptors (Lipinski definition) is 3. The maximum Gasteiger partial charge on any atom is 0.321 e. The second-order valence-corrected chi connectivity index (χ2v) is 5.08. The number of allylic oxidation sites excluding steroid dienone is 1. The van der Waals surface area contributed by atoms with Crippen LogP contribution in [0.1, 0.15) is 28.5 Å². The molecule has 1 unspecified atom stereocenters. The maximum atomic E-state index is 11.8. The zero-order valence-electron chi connectivity index (χ0n) is 12.1. The van der Waals surface area contributed by atoms with Crippen molar-refractivity contribution >= 4 is 11.7 Å². The average Bonchev–Trinajstić information content (AvgIpc) is 2.77. The third-order valence-corrected chi connectivity index (χ3v) is 3.51. The number of benzene rings is 1. The van der Waals surface area contributed by atoms with E-state index in [9.17, 15) is 9.90 Å². The van der Waals surface area contributed by atoms with E-state index in [1.807, 2.05) is 19.1 Å². The van der Waals surface area contributed by atoms with Gasteiger partial charge in [0, 0.05) is 19.7 Å². The number of rotatable bonds is 3. The van der Waals surface area contributed by atoms with E-state index in [1.54, 1.807) is 14.1 Å². The Balaban J connectivity index is 2.49. The average molecular weight is 276 g/mol. The van der Waals surface area contributed by atoms with E-state index >= 15 is 0 Å². The molecule has 20 heavy (non-hydrogen) atoms. The molecule has 108 valence electrons. The number of carbonyl (C=O) groups is 1. The second-order valence-electron chi connectivity index (χ2n) is 5.08. The van der Waals surface area contributed by atoms with Crippen molar-refractivity contribution in [1.29, 1.82) is 0 Å². The highest BCUT2D eigenvalue weighted by Crippen LogP contribution is 2.38. The van der Waals surface area contributed by atoms with Crippen molar-refractivity contribution in [1.82, 2.24) is 4.90 Å². The number of hydrogen-bond donors (Lipinski definition) is 2. The molecular formula is C15H20N2O3. The van der Waals surface area contributed by atoms with Gasteiger partial charge in [-0.1, -0.05) is 6.08 Å². The lowest BCUT2D eigenvalue weighted by Gasteiger charge is -2.18. The number of aliphatic hydroxyl groups excluding tert-OH is 1. The molecule has 1 atom stereocenters. The summed E-state index contributed by atoms with van der Waals surface area (Å²) in [7, 11) is 3.34. The number of aliphatic hydroxyl groups is 1. The summed E-state index contributed by atoms with van der Waals surface area (Å²) in [6.45, 7) is 6.10. The van der Waals surface area contributed by atoms with Crippen molar-refractivity contribution < 1.29 is 14.6 Å². The molecule has 1 heterocycles. The van der Waals surface area contributed by atoms with Crippen LogP contribution in [0.4, 0.5) is 10.5 Å². The highest BCUT2D eigenvalue weighted by Gasteiger charge is 2.28. The normalized spacial score (nSPS) is 16.7. The van der Waals surface area contributed by atoms with Gasteiger partial charge in [-0.25, -0.2) is 4.79 Å². The van der Waals surface area contributed by atoms with Crippen molar-refractivity contribution in [3.63, 3.8) is 0 Å². The van der Waals surface area contributed by atoms with Gasteiger partial charge in [0.05, 0.1) is 12.3 Å². The lowest BCUT2D eigenvalue weighted by Crippen LogP contribution is -2.28. The number of carbonyl (C=O) groups excluding carboxylic acids is 1. The molecule has 1 aromatic carbocycles. The summed E-state index contributed by atoms with van der Waals surface area (Å²) >= 11 is 0. The van der Waals surface area contributed by atoms with Crippen molar-refractivity contribution in [3.05, 3.63) is 41.0 Å². The highest BCUT2D eigenvalue weighted by molar-refractivity contribution is 5.90. The fraction of sp³-hybridized carbons (Fsp3) is 0.400. The zero-order chi connectivity index (χ0) is 14.9. The zero-order valence-corrected chi connectivity index (χ0v) is 12.1. The minimum atomic E-state index is -0.987. The van der Waals surface area contributed by atoms with E-state index in [2.05, 4.69) is 11.9 Å². The van der Waals surface area contributed by atoms with Crippen molar-refractivity contribution in [2.45, 2.75) is 26.2 Å². The van der Waals surface area contributed by atoms with E-state index in [0.717, 1.165) is 16.7 Å². The van der Waals surface area contributed by atoms with Crippen LogP contribution in [-0.2, 0) is 17.8 Å². The summed E-state index contributed by atoms with van der Waals surface area (Å²) in [6, 6.07) is 1.65. The Morgan fingerprint density at radius 3 is 2.95 bits per heavy atom. The maximum absolute atomic E-state index is 11.8. The Labute approximate surface area is 118 Å². The lowest BCUT2D eigenvalue weighted by atomic mass is 9.94. The molecule has 5 nitrogen and oxygen atoms in total. The monoisotopic (exact) mass is 276 g/mol. The highest BCUT2D eigenvalue weighted by atomic mass is 16.6. The topological polar surface area (TPSA) is 61.8 Å². The fourth-order valence-corrected chi connectivity index (χ4v) is 2.33. The van der Waals surface area contributed by atoms with Gasteiger partial charge in [-0.2, -0.15) is 0 Å². The Kier molecular flexibility index (Phi) is 4.11. The number of urea groups is 1. The number of nitrogens with one attached hydrogen (secondary N) is 1. The first-order valence-electron chi connectivity index (χ1n) is 6.49. The molecule has 2 rings (SSSR count). The van der Waals surface area contributed by atoms with Crippen molar-refractivity contribution in [3.8, 4) is 0 Å². The second kappa shape index (κ2) is 5.64. The molecule has 0 radical (unpaired) electrons. The molecule has 5 heteroatoms. The Hall–Kier alpha value is -1.85. The molecule has 0 saturated carbocycles. The van der Waals surface area contributed by atoms with Gasteiger partial charge in [0.25, 0.3) is 0 Å². The molecule has 1 aromatic rings. The predicted molar refractivity (Wildman–Crippen MR) is 77.5 cm³/mol. The smallest absolute Gasteiger partial charge is 0.321 e. The van der Waals surface area contributed by atoms with E-state index in [1.165, 1.54) is 4.90 Å². The summed E-state index contributed by atoms with van der Waals surface area (Å²) in [5.41, 5.74) is 4.37. The minimum Gasteiger partial charge on any atom is -0.364 e. The van der Waals surface area contributed by atoms with Gasteiger partial charge in [-0.3, -0.25) is 0 Å². The number of anilines is 1. The van der Waals surface area contributed by atoms with E-state index in [-0.39, 0.29) is 6.03 Å². The largest absolute Gasteiger partial charge is 0.364 e. The Morgan fingerprint density at radius 2 is 2.35 bits per heavy atom. The standard InChI is InChI=1S/C15H20N2O3/c1-5-6-10-7-12(16-15(19)17(3)4)13-11(9(10)2)8-20-14(13)18/h5,7,14,18H,1,6,8H2,2-4H3,(H,16,19). The van der Waals surface area contributed by atoms with Crippen LogP contribution in [0.25, 0.3) is 0 Å². The molecule has 2 amide bonds. The summed E-state index contributed by atoms with van der Waals surface area (Å²) < 4.78 is 5.28. The number of nitrogens with zero attached hydrogens (tertiary/aromatic N) is 1. The van der Waals surface area contributed by atoms with Crippen LogP contribution in [0.3, 0.4) is 0 Å². The molecule has 1 aliphatic heterocycles. The van der Waals surface area contributed by atoms with Gasteiger partial charge in [-0.15, -0.1) is 6.58 Å². The first kappa shape index (κ1) is 14.6. The van der Waals surface area contributed by atoms with Gasteiger partial charge in [0.1, 0.15) is 0 Å². The van der Waals surface area contributed by atoms with E-state index in [0.29, 0.717) is 24.3 Å². The first-order valence-corrected chi connectivity index (χ1v) is 6.49. The lowest BCUT2D eigenvalue weighted by molar-refractivity contribution is -0.0915. The van der Waals surface area contributed by atoms with Gasteiger partial charge >= 0.3 is 6.03 Å². The van der Waals surface area contributed by atoms with Gasteiger partial charge < -0.3 is 20.1 Å². The fourth-order valence-electron chi connectivity index (χ4n) is 2.33. The molecule has 0 bridgehead atoms. The van der Waals surface area contributed by atoms with Gasteiger partial charge in [-0.05, 0) is 36.1 Å². The Morgan fingerprint density at radius 1 is 1.65 bits per heavy atom. The quantitative estimate of drug-likeness (QED) is 0.833. The molecule has 0 saturated heterocycles. The van der Waals surface area contributed by atoms with Gasteiger partial charge in [0.15, 0.2) is 6.29 Å². The van der Waals surface area contributed by atoms with E-state index in [4.69, 9.17) is 4.74 Å². The molecule has 0 aromatic heterocycles. The third kappa shape index (κ3) is 2.55. The summed E-state index contributed by atoms with van der Waals surface area (Å²) in [5.74, 6) is 0. The van der Waals surface area contributed by atoms with Crippen LogP contribution in [0.2, 0.25) is 0 Å². The summed E-state index contributed by atoms with van der Waals surface area (Å²) in [5, 5.41) is 12.8. The molecule has 2 N–H and O–H groups in total. The number of ether oxygens (including phenoxy) is 1. The van der Waals surface area contributed by atoms with Gasteiger partial charge in [0.2, 0.25) is 0 Å². The SMILES string of the molecule is C=CCc1cc(NC(=O)N(C)C)c2c(c1C)COC2O. The number of amides is 2. The van der Waals surface area contributed by atoms with Crippen molar-refractivity contribution in [2.24, 2.45) is 0 Å². The Bertz CT molecular complexity index is 553. The van der Waals surface area contributed by atoms with Crippen LogP contribution < -0.4 is 5.32 Å². The number of fused-ring (bicyclic) bond motifs is 1. The van der Waals surface area contributed by atoms with Crippen LogP contribution in [0.15, 0.2) is 18.7 Å². The van der Waals surface area contributed by atoms with Crippen LogP contribution in [-0.4, -0.2) is 30.1 Å². The summed E-state index contributed by atoms with van der Waals surface area (Å²) in [4.78, 5) is 13.3. The van der Waals surface area contributed by atoms with Crippen molar-refractivity contribution in [2.75, 3.05) is 19.4 Å². The molecule has 0 spiro atoms. The predicted octanol–water partition coefficient (Wildman–Crippen LogP) is 2.34. The molecule has 1 aliphatic rings. The first-order chi connectivity index (χ1) is 9.45. The van der Waals surface area contributed by atoms with Crippen LogP contribution >= 0.6 is 0 Å². The molecule has 0 aliphatic carbocycles. The van der Waals surface area contributed by atoms with Crippen LogP contribution in [0, 0.1) is 6.92 Å². The molecular weight excluding hydrogens is 256 g/mol.